The minimum atomic E-state index is -0.0859. The number of rotatable bonds is 3. The molecule has 16 heavy (non-hydrogen) atoms. The summed E-state index contributed by atoms with van der Waals surface area (Å²) >= 11 is 7.34. The fraction of sp³-hybridized carbons (Fsp3) is 0.0909. The van der Waals surface area contributed by atoms with Crippen molar-refractivity contribution in [2.45, 2.75) is 6.42 Å². The first-order valence-electron chi connectivity index (χ1n) is 4.68. The molecule has 0 saturated carbocycles. The van der Waals surface area contributed by atoms with Crippen LogP contribution in [0.3, 0.4) is 0 Å². The molecule has 0 atom stereocenters. The number of carbonyl (C=O) groups excluding carboxylic acids is 1. The van der Waals surface area contributed by atoms with Crippen LogP contribution >= 0.6 is 22.9 Å². The lowest BCUT2D eigenvalue weighted by atomic mass is 10.3. The topological polar surface area (TPSA) is 42.0 Å². The van der Waals surface area contributed by atoms with Crippen LogP contribution in [0.4, 0.5) is 5.82 Å². The lowest BCUT2D eigenvalue weighted by Crippen LogP contribution is -2.14. The molecule has 0 aromatic carbocycles. The molecule has 2 rings (SSSR count). The van der Waals surface area contributed by atoms with Crippen molar-refractivity contribution in [1.82, 2.24) is 4.98 Å². The summed E-state index contributed by atoms with van der Waals surface area (Å²) in [7, 11) is 0. The van der Waals surface area contributed by atoms with E-state index in [1.54, 1.807) is 29.7 Å². The van der Waals surface area contributed by atoms with Crippen LogP contribution in [0.25, 0.3) is 0 Å². The summed E-state index contributed by atoms with van der Waals surface area (Å²) in [6.45, 7) is 0. The zero-order valence-corrected chi connectivity index (χ0v) is 9.89. The van der Waals surface area contributed by atoms with Gasteiger partial charge < -0.3 is 5.32 Å². The number of hydrogen-bond acceptors (Lipinski definition) is 3. The second kappa shape index (κ2) is 5.09. The van der Waals surface area contributed by atoms with Crippen molar-refractivity contribution in [2.75, 3.05) is 5.32 Å². The van der Waals surface area contributed by atoms with E-state index < -0.39 is 0 Å². The van der Waals surface area contributed by atoms with Crippen LogP contribution in [0.2, 0.25) is 5.02 Å². The first-order chi connectivity index (χ1) is 7.74. The summed E-state index contributed by atoms with van der Waals surface area (Å²) < 4.78 is 0. The van der Waals surface area contributed by atoms with Gasteiger partial charge in [0.15, 0.2) is 0 Å². The predicted molar refractivity (Wildman–Crippen MR) is 65.9 cm³/mol. The molecule has 0 fully saturated rings. The van der Waals surface area contributed by atoms with Gasteiger partial charge in [-0.1, -0.05) is 17.7 Å². The number of thiophene rings is 1. The summed E-state index contributed by atoms with van der Waals surface area (Å²) in [6, 6.07) is 7.13. The Kier molecular flexibility index (Phi) is 3.54. The second-order valence-corrected chi connectivity index (χ2v) is 4.63. The van der Waals surface area contributed by atoms with Gasteiger partial charge in [-0.2, -0.15) is 0 Å². The maximum absolute atomic E-state index is 11.6. The number of halogens is 1. The Balaban J connectivity index is 1.97. The molecule has 2 aromatic heterocycles. The third kappa shape index (κ3) is 3.05. The monoisotopic (exact) mass is 252 g/mol. The number of nitrogens with one attached hydrogen (secondary N) is 1. The highest BCUT2D eigenvalue weighted by Gasteiger charge is 2.05. The highest BCUT2D eigenvalue weighted by molar-refractivity contribution is 7.10. The fourth-order valence-corrected chi connectivity index (χ4v) is 2.09. The van der Waals surface area contributed by atoms with E-state index in [-0.39, 0.29) is 5.91 Å². The number of anilines is 1. The highest BCUT2D eigenvalue weighted by Crippen LogP contribution is 2.13. The number of aromatic nitrogens is 1. The smallest absolute Gasteiger partial charge is 0.230 e. The third-order valence-electron chi connectivity index (χ3n) is 1.90. The molecule has 0 aliphatic heterocycles. The average Bonchev–Trinajstić information content (AvgIpc) is 2.70. The lowest BCUT2D eigenvalue weighted by Gasteiger charge is -2.03. The predicted octanol–water partition coefficient (Wildman–Crippen LogP) is 2.98. The van der Waals surface area contributed by atoms with Gasteiger partial charge in [-0.3, -0.25) is 4.79 Å². The first-order valence-corrected chi connectivity index (χ1v) is 5.93. The molecule has 1 amide bonds. The molecule has 0 saturated heterocycles. The molecule has 0 unspecified atom stereocenters. The summed E-state index contributed by atoms with van der Waals surface area (Å²) in [5.74, 6) is 0.395. The maximum atomic E-state index is 11.6. The Morgan fingerprint density at radius 1 is 1.50 bits per heavy atom. The van der Waals surface area contributed by atoms with E-state index in [1.165, 1.54) is 0 Å². The molecule has 0 radical (unpaired) electrons. The summed E-state index contributed by atoms with van der Waals surface area (Å²) in [5, 5.41) is 5.19. The van der Waals surface area contributed by atoms with E-state index in [0.717, 1.165) is 4.88 Å². The third-order valence-corrected chi connectivity index (χ3v) is 3.02. The van der Waals surface area contributed by atoms with Gasteiger partial charge in [0.05, 0.1) is 6.42 Å². The standard InChI is InChI=1S/C11H9ClN2OS/c12-8-3-4-13-10(6-8)14-11(15)7-9-2-1-5-16-9/h1-6H,7H2,(H,13,14,15). The van der Waals surface area contributed by atoms with Crippen molar-refractivity contribution in [1.29, 1.82) is 0 Å². The minimum Gasteiger partial charge on any atom is -0.310 e. The van der Waals surface area contributed by atoms with Crippen molar-refractivity contribution >= 4 is 34.7 Å². The Morgan fingerprint density at radius 3 is 3.06 bits per heavy atom. The highest BCUT2D eigenvalue weighted by atomic mass is 35.5. The van der Waals surface area contributed by atoms with Crippen LogP contribution in [0.5, 0.6) is 0 Å². The molecule has 1 N–H and O–H groups in total. The second-order valence-electron chi connectivity index (χ2n) is 3.16. The van der Waals surface area contributed by atoms with Crippen LogP contribution in [0.1, 0.15) is 4.88 Å². The Bertz CT molecular complexity index is 484. The molecule has 3 nitrogen and oxygen atoms in total. The van der Waals surface area contributed by atoms with Gasteiger partial charge in [-0.15, -0.1) is 11.3 Å². The van der Waals surface area contributed by atoms with Gasteiger partial charge in [-0.25, -0.2) is 4.98 Å². The molecule has 2 heterocycles. The quantitative estimate of drug-likeness (QED) is 0.913. The van der Waals surface area contributed by atoms with Crippen molar-refractivity contribution in [2.24, 2.45) is 0 Å². The van der Waals surface area contributed by atoms with Crippen LogP contribution in [0.15, 0.2) is 35.8 Å². The Labute approximate surface area is 102 Å². The largest absolute Gasteiger partial charge is 0.310 e. The van der Waals surface area contributed by atoms with Gasteiger partial charge in [-0.05, 0) is 23.6 Å². The maximum Gasteiger partial charge on any atom is 0.230 e. The average molecular weight is 253 g/mol. The van der Waals surface area contributed by atoms with Crippen molar-refractivity contribution in [3.05, 3.63) is 45.7 Å². The van der Waals surface area contributed by atoms with Gasteiger partial charge >= 0.3 is 0 Å². The molecule has 0 aliphatic rings. The van der Waals surface area contributed by atoms with Crippen LogP contribution in [-0.4, -0.2) is 10.9 Å². The Morgan fingerprint density at radius 2 is 2.38 bits per heavy atom. The normalized spacial score (nSPS) is 10.1. The molecular formula is C11H9ClN2OS. The number of hydrogen-bond donors (Lipinski definition) is 1. The molecule has 0 spiro atoms. The molecular weight excluding hydrogens is 244 g/mol. The van der Waals surface area contributed by atoms with Gasteiger partial charge in [0.25, 0.3) is 0 Å². The molecule has 0 aliphatic carbocycles. The van der Waals surface area contributed by atoms with Gasteiger partial charge in [0.2, 0.25) is 5.91 Å². The van der Waals surface area contributed by atoms with Crippen molar-refractivity contribution in [3.8, 4) is 0 Å². The lowest BCUT2D eigenvalue weighted by molar-refractivity contribution is -0.115. The van der Waals surface area contributed by atoms with Crippen molar-refractivity contribution < 1.29 is 4.79 Å². The molecule has 82 valence electrons. The van der Waals surface area contributed by atoms with E-state index in [2.05, 4.69) is 10.3 Å². The molecule has 5 heteroatoms. The molecule has 2 aromatic rings. The summed E-state index contributed by atoms with van der Waals surface area (Å²) in [6.07, 6.45) is 1.93. The number of amides is 1. The van der Waals surface area contributed by atoms with Crippen LogP contribution in [0, 0.1) is 0 Å². The van der Waals surface area contributed by atoms with Gasteiger partial charge in [0.1, 0.15) is 5.82 Å². The van der Waals surface area contributed by atoms with E-state index in [4.69, 9.17) is 11.6 Å². The van der Waals surface area contributed by atoms with Crippen LogP contribution in [-0.2, 0) is 11.2 Å². The van der Waals surface area contributed by atoms with E-state index in [1.807, 2.05) is 17.5 Å². The van der Waals surface area contributed by atoms with E-state index in [0.29, 0.717) is 17.3 Å². The summed E-state index contributed by atoms with van der Waals surface area (Å²) in [5.41, 5.74) is 0. The van der Waals surface area contributed by atoms with Crippen LogP contribution < -0.4 is 5.32 Å². The first kappa shape index (κ1) is 11.1. The zero-order valence-electron chi connectivity index (χ0n) is 8.31. The fourth-order valence-electron chi connectivity index (χ4n) is 1.23. The number of carbonyl (C=O) groups is 1. The number of nitrogens with zero attached hydrogens (tertiary/aromatic N) is 1. The van der Waals surface area contributed by atoms with Gasteiger partial charge in [0, 0.05) is 16.1 Å². The summed E-state index contributed by atoms with van der Waals surface area (Å²) in [4.78, 5) is 16.6. The zero-order chi connectivity index (χ0) is 11.4. The molecule has 0 bridgehead atoms. The minimum absolute atomic E-state index is 0.0859. The van der Waals surface area contributed by atoms with E-state index >= 15 is 0 Å². The number of pyridine rings is 1. The van der Waals surface area contributed by atoms with Crippen molar-refractivity contribution in [3.63, 3.8) is 0 Å². The Hall–Kier alpha value is -1.39. The SMILES string of the molecule is O=C(Cc1cccs1)Nc1cc(Cl)ccn1. The van der Waals surface area contributed by atoms with E-state index in [9.17, 15) is 4.79 Å².